The SMILES string of the molecule is Cc1nc(C)c(NC(=O)Nc2ccccn2)cc1NC(=O)Nc1ccccn1. The molecule has 3 heterocycles. The van der Waals surface area contributed by atoms with Gasteiger partial charge < -0.3 is 10.6 Å². The zero-order valence-corrected chi connectivity index (χ0v) is 15.4. The Balaban J connectivity index is 1.69. The van der Waals surface area contributed by atoms with Crippen LogP contribution in [0.2, 0.25) is 0 Å². The van der Waals surface area contributed by atoms with E-state index in [2.05, 4.69) is 36.2 Å². The molecule has 4 N–H and O–H groups in total. The number of carbonyl (C=O) groups excluding carboxylic acids is 2. The minimum absolute atomic E-state index is 0.422. The Morgan fingerprint density at radius 3 is 1.57 bits per heavy atom. The zero-order chi connectivity index (χ0) is 19.9. The van der Waals surface area contributed by atoms with E-state index < -0.39 is 12.1 Å². The second-order valence-electron chi connectivity index (χ2n) is 5.84. The number of rotatable bonds is 4. The fourth-order valence-corrected chi connectivity index (χ4v) is 2.39. The Bertz CT molecular complexity index is 902. The maximum Gasteiger partial charge on any atom is 0.324 e. The number of hydrogen-bond donors (Lipinski definition) is 4. The number of anilines is 4. The first-order valence-corrected chi connectivity index (χ1v) is 8.47. The van der Waals surface area contributed by atoms with E-state index in [1.54, 1.807) is 68.7 Å². The van der Waals surface area contributed by atoms with Crippen molar-refractivity contribution in [1.82, 2.24) is 15.0 Å². The van der Waals surface area contributed by atoms with E-state index in [1.807, 2.05) is 0 Å². The van der Waals surface area contributed by atoms with Crippen LogP contribution in [-0.2, 0) is 0 Å². The molecule has 0 bridgehead atoms. The van der Waals surface area contributed by atoms with E-state index in [9.17, 15) is 9.59 Å². The minimum atomic E-state index is -0.462. The summed E-state index contributed by atoms with van der Waals surface area (Å²) < 4.78 is 0. The molecule has 9 nitrogen and oxygen atoms in total. The molecule has 4 amide bonds. The first-order chi connectivity index (χ1) is 13.5. The van der Waals surface area contributed by atoms with Crippen molar-refractivity contribution in [3.05, 3.63) is 66.2 Å². The van der Waals surface area contributed by atoms with Gasteiger partial charge in [0.2, 0.25) is 0 Å². The van der Waals surface area contributed by atoms with Gasteiger partial charge in [0.25, 0.3) is 0 Å². The lowest BCUT2D eigenvalue weighted by molar-refractivity contribution is 0.261. The number of nitrogens with zero attached hydrogens (tertiary/aromatic N) is 3. The molecule has 0 saturated carbocycles. The Hall–Kier alpha value is -4.01. The van der Waals surface area contributed by atoms with Crippen LogP contribution in [0.3, 0.4) is 0 Å². The minimum Gasteiger partial charge on any atom is -0.306 e. The quantitative estimate of drug-likeness (QED) is 0.551. The van der Waals surface area contributed by atoms with Crippen molar-refractivity contribution < 1.29 is 9.59 Å². The number of carbonyl (C=O) groups is 2. The predicted molar refractivity (Wildman–Crippen MR) is 107 cm³/mol. The van der Waals surface area contributed by atoms with Crippen molar-refractivity contribution in [2.45, 2.75) is 13.8 Å². The number of aromatic nitrogens is 3. The number of amides is 4. The smallest absolute Gasteiger partial charge is 0.306 e. The number of aryl methyl sites for hydroxylation is 2. The molecule has 0 spiro atoms. The lowest BCUT2D eigenvalue weighted by atomic mass is 10.2. The molecular weight excluding hydrogens is 358 g/mol. The van der Waals surface area contributed by atoms with Gasteiger partial charge in [0.05, 0.1) is 22.8 Å². The third-order valence-corrected chi connectivity index (χ3v) is 3.71. The molecule has 0 unspecified atom stereocenters. The summed E-state index contributed by atoms with van der Waals surface area (Å²) in [5.74, 6) is 0.844. The van der Waals surface area contributed by atoms with E-state index in [-0.39, 0.29) is 0 Å². The normalized spacial score (nSPS) is 10.1. The monoisotopic (exact) mass is 377 g/mol. The molecule has 0 radical (unpaired) electrons. The van der Waals surface area contributed by atoms with Gasteiger partial charge >= 0.3 is 12.1 Å². The summed E-state index contributed by atoms with van der Waals surface area (Å²) in [5, 5.41) is 10.7. The summed E-state index contributed by atoms with van der Waals surface area (Å²) in [5.41, 5.74) is 2.16. The highest BCUT2D eigenvalue weighted by molar-refractivity contribution is 6.02. The largest absolute Gasteiger partial charge is 0.324 e. The molecule has 0 aliphatic rings. The van der Waals surface area contributed by atoms with Crippen molar-refractivity contribution in [3.8, 4) is 0 Å². The molecule has 0 fully saturated rings. The second-order valence-corrected chi connectivity index (χ2v) is 5.84. The summed E-state index contributed by atoms with van der Waals surface area (Å²) in [6.45, 7) is 3.53. The molecule has 0 aliphatic carbocycles. The molecule has 28 heavy (non-hydrogen) atoms. The van der Waals surface area contributed by atoms with Gasteiger partial charge in [0.15, 0.2) is 0 Å². The summed E-state index contributed by atoms with van der Waals surface area (Å²) in [7, 11) is 0. The molecule has 9 heteroatoms. The first kappa shape index (κ1) is 18.8. The highest BCUT2D eigenvalue weighted by atomic mass is 16.2. The lowest BCUT2D eigenvalue weighted by Crippen LogP contribution is -2.23. The molecule has 3 aromatic heterocycles. The van der Waals surface area contributed by atoms with Crippen molar-refractivity contribution in [3.63, 3.8) is 0 Å². The van der Waals surface area contributed by atoms with E-state index in [4.69, 9.17) is 0 Å². The number of urea groups is 2. The standard InChI is InChI=1S/C19H19N7O2/c1-12-14(23-18(27)25-16-7-3-5-9-20-16)11-15(13(2)22-12)24-19(28)26-17-8-4-6-10-21-17/h3-11H,1-2H3,(H2,20,23,25,27)(H2,21,24,26,28). The third-order valence-electron chi connectivity index (χ3n) is 3.71. The highest BCUT2D eigenvalue weighted by Crippen LogP contribution is 2.22. The third kappa shape index (κ3) is 5.01. The topological polar surface area (TPSA) is 121 Å². The number of pyridine rings is 3. The van der Waals surface area contributed by atoms with Gasteiger partial charge in [0.1, 0.15) is 11.6 Å². The molecule has 142 valence electrons. The van der Waals surface area contributed by atoms with Crippen molar-refractivity contribution in [2.75, 3.05) is 21.3 Å². The van der Waals surface area contributed by atoms with Gasteiger partial charge in [-0.3, -0.25) is 15.6 Å². The average Bonchev–Trinajstić information content (AvgIpc) is 2.67. The average molecular weight is 377 g/mol. The summed E-state index contributed by atoms with van der Waals surface area (Å²) >= 11 is 0. The van der Waals surface area contributed by atoms with Crippen LogP contribution in [-0.4, -0.2) is 27.0 Å². The van der Waals surface area contributed by atoms with Gasteiger partial charge in [-0.2, -0.15) is 0 Å². The van der Waals surface area contributed by atoms with Crippen LogP contribution in [0.5, 0.6) is 0 Å². The van der Waals surface area contributed by atoms with Crippen LogP contribution in [0.15, 0.2) is 54.9 Å². The number of hydrogen-bond acceptors (Lipinski definition) is 5. The Labute approximate surface area is 161 Å². The van der Waals surface area contributed by atoms with Crippen molar-refractivity contribution >= 4 is 35.1 Å². The summed E-state index contributed by atoms with van der Waals surface area (Å²) in [6.07, 6.45) is 3.16. The van der Waals surface area contributed by atoms with E-state index in [1.165, 1.54) is 0 Å². The van der Waals surface area contributed by atoms with Gasteiger partial charge in [-0.1, -0.05) is 12.1 Å². The van der Waals surface area contributed by atoms with Crippen LogP contribution in [0.25, 0.3) is 0 Å². The molecule has 0 saturated heterocycles. The van der Waals surface area contributed by atoms with Crippen LogP contribution in [0.1, 0.15) is 11.4 Å². The Kier molecular flexibility index (Phi) is 5.75. The van der Waals surface area contributed by atoms with E-state index in [0.717, 1.165) is 0 Å². The fourth-order valence-electron chi connectivity index (χ4n) is 2.39. The summed E-state index contributed by atoms with van der Waals surface area (Å²) in [6, 6.07) is 11.1. The van der Waals surface area contributed by atoms with E-state index in [0.29, 0.717) is 34.4 Å². The molecule has 0 aliphatic heterocycles. The molecule has 0 atom stereocenters. The fraction of sp³-hybridized carbons (Fsp3) is 0.105. The van der Waals surface area contributed by atoms with Crippen LogP contribution < -0.4 is 21.3 Å². The Morgan fingerprint density at radius 1 is 0.714 bits per heavy atom. The Morgan fingerprint density at radius 2 is 1.18 bits per heavy atom. The molecule has 3 rings (SSSR count). The van der Waals surface area contributed by atoms with Gasteiger partial charge in [-0.15, -0.1) is 0 Å². The van der Waals surface area contributed by atoms with E-state index >= 15 is 0 Å². The van der Waals surface area contributed by atoms with Crippen LogP contribution in [0.4, 0.5) is 32.6 Å². The molecule has 0 aromatic carbocycles. The predicted octanol–water partition coefficient (Wildman–Crippen LogP) is 3.78. The van der Waals surface area contributed by atoms with Gasteiger partial charge in [-0.05, 0) is 44.2 Å². The maximum absolute atomic E-state index is 12.2. The number of nitrogens with one attached hydrogen (secondary N) is 4. The van der Waals surface area contributed by atoms with Crippen LogP contribution in [0, 0.1) is 13.8 Å². The van der Waals surface area contributed by atoms with Gasteiger partial charge in [0, 0.05) is 12.4 Å². The zero-order valence-electron chi connectivity index (χ0n) is 15.4. The van der Waals surface area contributed by atoms with Gasteiger partial charge in [-0.25, -0.2) is 19.6 Å². The second kappa shape index (κ2) is 8.58. The molecular formula is C19H19N7O2. The maximum atomic E-state index is 12.2. The van der Waals surface area contributed by atoms with Crippen molar-refractivity contribution in [1.29, 1.82) is 0 Å². The van der Waals surface area contributed by atoms with Crippen molar-refractivity contribution in [2.24, 2.45) is 0 Å². The van der Waals surface area contributed by atoms with Crippen LogP contribution >= 0.6 is 0 Å². The highest BCUT2D eigenvalue weighted by Gasteiger charge is 2.12. The lowest BCUT2D eigenvalue weighted by Gasteiger charge is -2.14. The first-order valence-electron chi connectivity index (χ1n) is 8.47. The molecule has 3 aromatic rings. The summed E-state index contributed by atoms with van der Waals surface area (Å²) in [4.78, 5) is 36.8.